The average molecular weight is 348 g/mol. The lowest BCUT2D eigenvalue weighted by molar-refractivity contribution is -0.384. The number of carbonyl (C=O) groups excluding carboxylic acids is 2. The third-order valence-corrected chi connectivity index (χ3v) is 3.84. The molecule has 0 radical (unpaired) electrons. The Bertz CT molecular complexity index is 713. The van der Waals surface area contributed by atoms with Crippen LogP contribution in [0.25, 0.3) is 0 Å². The van der Waals surface area contributed by atoms with Gasteiger partial charge < -0.3 is 14.8 Å². The highest BCUT2D eigenvalue weighted by atomic mass is 16.6. The fourth-order valence-corrected chi connectivity index (χ4v) is 2.73. The first-order valence-corrected chi connectivity index (χ1v) is 7.93. The highest BCUT2D eigenvalue weighted by molar-refractivity contribution is 5.95. The zero-order valence-corrected chi connectivity index (χ0v) is 14.1. The summed E-state index contributed by atoms with van der Waals surface area (Å²) in [6.45, 7) is 4.34. The molecule has 1 N–H and O–H groups in total. The standard InChI is InChI=1S/C17H20N2O6/c1-3-24-7-8-25-17(21)16-11(2)18-15(20)10-14(16)12-5-4-6-13(9-12)19(22)23/h4-6,9,14H,3,7-8,10H2,1-2H3,(H,18,20). The normalized spacial score (nSPS) is 17.2. The van der Waals surface area contributed by atoms with Crippen LogP contribution in [0.5, 0.6) is 0 Å². The van der Waals surface area contributed by atoms with E-state index < -0.39 is 16.8 Å². The van der Waals surface area contributed by atoms with Crippen molar-refractivity contribution in [3.8, 4) is 0 Å². The van der Waals surface area contributed by atoms with Crippen molar-refractivity contribution in [3.05, 3.63) is 51.2 Å². The Balaban J connectivity index is 2.29. The number of hydrogen-bond donors (Lipinski definition) is 1. The van der Waals surface area contributed by atoms with Crippen LogP contribution in [-0.2, 0) is 19.1 Å². The number of nitro benzene ring substituents is 1. The minimum atomic E-state index is -0.590. The second kappa shape index (κ2) is 8.39. The van der Waals surface area contributed by atoms with E-state index in [1.54, 1.807) is 13.0 Å². The summed E-state index contributed by atoms with van der Waals surface area (Å²) in [6, 6.07) is 5.94. The van der Waals surface area contributed by atoms with Gasteiger partial charge in [0.05, 0.1) is 17.1 Å². The number of carbonyl (C=O) groups is 2. The summed E-state index contributed by atoms with van der Waals surface area (Å²) in [7, 11) is 0. The van der Waals surface area contributed by atoms with Gasteiger partial charge in [-0.15, -0.1) is 0 Å². The Labute approximate surface area is 145 Å². The SMILES string of the molecule is CCOCCOC(=O)C1=C(C)NC(=O)CC1c1cccc([N+](=O)[O-])c1. The van der Waals surface area contributed by atoms with E-state index in [1.165, 1.54) is 18.2 Å². The minimum absolute atomic E-state index is 0.0222. The number of allylic oxidation sites excluding steroid dienone is 1. The van der Waals surface area contributed by atoms with E-state index in [9.17, 15) is 19.7 Å². The van der Waals surface area contributed by atoms with Crippen molar-refractivity contribution in [1.82, 2.24) is 5.32 Å². The van der Waals surface area contributed by atoms with Crippen LogP contribution in [0.2, 0.25) is 0 Å². The highest BCUT2D eigenvalue weighted by Gasteiger charge is 2.33. The molecule has 1 aliphatic rings. The van der Waals surface area contributed by atoms with Gasteiger partial charge in [-0.2, -0.15) is 0 Å². The summed E-state index contributed by atoms with van der Waals surface area (Å²) in [5.74, 6) is -1.40. The fraction of sp³-hybridized carbons (Fsp3) is 0.412. The number of amides is 1. The summed E-state index contributed by atoms with van der Waals surface area (Å²) in [5, 5.41) is 13.6. The molecule has 1 heterocycles. The topological polar surface area (TPSA) is 108 Å². The smallest absolute Gasteiger partial charge is 0.336 e. The van der Waals surface area contributed by atoms with Crippen LogP contribution in [0.15, 0.2) is 35.5 Å². The van der Waals surface area contributed by atoms with Crippen LogP contribution in [0.3, 0.4) is 0 Å². The lowest BCUT2D eigenvalue weighted by atomic mass is 9.84. The van der Waals surface area contributed by atoms with E-state index in [2.05, 4.69) is 5.32 Å². The maximum Gasteiger partial charge on any atom is 0.336 e. The predicted octanol–water partition coefficient (Wildman–Crippen LogP) is 2.05. The minimum Gasteiger partial charge on any atom is -0.460 e. The Morgan fingerprint density at radius 3 is 2.84 bits per heavy atom. The first kappa shape index (κ1) is 18.6. The van der Waals surface area contributed by atoms with Crippen LogP contribution in [0.4, 0.5) is 5.69 Å². The van der Waals surface area contributed by atoms with Gasteiger partial charge in [0.15, 0.2) is 0 Å². The van der Waals surface area contributed by atoms with Crippen molar-refractivity contribution >= 4 is 17.6 Å². The number of rotatable bonds is 7. The molecule has 1 atom stereocenters. The number of hydrogen-bond acceptors (Lipinski definition) is 6. The molecule has 25 heavy (non-hydrogen) atoms. The zero-order valence-electron chi connectivity index (χ0n) is 14.1. The van der Waals surface area contributed by atoms with Gasteiger partial charge in [0.25, 0.3) is 5.69 Å². The molecule has 0 aliphatic carbocycles. The van der Waals surface area contributed by atoms with Crippen LogP contribution in [-0.4, -0.2) is 36.6 Å². The number of non-ortho nitro benzene ring substituents is 1. The maximum atomic E-state index is 12.5. The summed E-state index contributed by atoms with van der Waals surface area (Å²) in [6.07, 6.45) is 0.0222. The number of nitrogens with one attached hydrogen (secondary N) is 1. The zero-order chi connectivity index (χ0) is 18.4. The molecule has 8 nitrogen and oxygen atoms in total. The molecule has 1 aromatic carbocycles. The summed E-state index contributed by atoms with van der Waals surface area (Å²) >= 11 is 0. The lowest BCUT2D eigenvalue weighted by Gasteiger charge is -2.26. The van der Waals surface area contributed by atoms with Gasteiger partial charge >= 0.3 is 5.97 Å². The van der Waals surface area contributed by atoms with Crippen LogP contribution in [0.1, 0.15) is 31.7 Å². The molecule has 0 saturated carbocycles. The molecule has 0 saturated heterocycles. The lowest BCUT2D eigenvalue weighted by Crippen LogP contribution is -2.34. The van der Waals surface area contributed by atoms with Crippen molar-refractivity contribution in [1.29, 1.82) is 0 Å². The van der Waals surface area contributed by atoms with Gasteiger partial charge in [-0.05, 0) is 19.4 Å². The average Bonchev–Trinajstić information content (AvgIpc) is 2.58. The third-order valence-electron chi connectivity index (χ3n) is 3.84. The van der Waals surface area contributed by atoms with Crippen molar-refractivity contribution in [2.75, 3.05) is 19.8 Å². The Kier molecular flexibility index (Phi) is 6.24. The van der Waals surface area contributed by atoms with Gasteiger partial charge in [-0.1, -0.05) is 12.1 Å². The van der Waals surface area contributed by atoms with E-state index in [0.29, 0.717) is 23.4 Å². The maximum absolute atomic E-state index is 12.5. The predicted molar refractivity (Wildman–Crippen MR) is 88.7 cm³/mol. The van der Waals surface area contributed by atoms with Gasteiger partial charge in [0.1, 0.15) is 6.61 Å². The van der Waals surface area contributed by atoms with Gasteiger partial charge in [0, 0.05) is 36.8 Å². The third kappa shape index (κ3) is 4.63. The van der Waals surface area contributed by atoms with Crippen LogP contribution < -0.4 is 5.32 Å². The molecule has 0 fully saturated rings. The summed E-state index contributed by atoms with van der Waals surface area (Å²) in [4.78, 5) is 34.8. The van der Waals surface area contributed by atoms with E-state index in [-0.39, 0.29) is 31.2 Å². The second-order valence-corrected chi connectivity index (χ2v) is 5.53. The molecule has 1 aromatic rings. The number of nitro groups is 1. The highest BCUT2D eigenvalue weighted by Crippen LogP contribution is 2.34. The monoisotopic (exact) mass is 348 g/mol. The van der Waals surface area contributed by atoms with Crippen LogP contribution in [0, 0.1) is 10.1 Å². The van der Waals surface area contributed by atoms with Crippen molar-refractivity contribution in [2.24, 2.45) is 0 Å². The quantitative estimate of drug-likeness (QED) is 0.350. The largest absolute Gasteiger partial charge is 0.460 e. The van der Waals surface area contributed by atoms with Gasteiger partial charge in [0.2, 0.25) is 5.91 Å². The van der Waals surface area contributed by atoms with E-state index in [0.717, 1.165) is 0 Å². The van der Waals surface area contributed by atoms with Gasteiger partial charge in [-0.25, -0.2) is 4.79 Å². The second-order valence-electron chi connectivity index (χ2n) is 5.53. The first-order chi connectivity index (χ1) is 11.9. The van der Waals surface area contributed by atoms with Crippen molar-refractivity contribution in [2.45, 2.75) is 26.2 Å². The van der Waals surface area contributed by atoms with E-state index in [4.69, 9.17) is 9.47 Å². The fourth-order valence-electron chi connectivity index (χ4n) is 2.73. The number of esters is 1. The number of benzene rings is 1. The molecule has 8 heteroatoms. The summed E-state index contributed by atoms with van der Waals surface area (Å²) < 4.78 is 10.3. The molecule has 1 amide bonds. The van der Waals surface area contributed by atoms with E-state index in [1.807, 2.05) is 6.92 Å². The Morgan fingerprint density at radius 2 is 2.16 bits per heavy atom. The number of ether oxygens (including phenoxy) is 2. The summed E-state index contributed by atoms with van der Waals surface area (Å²) in [5.41, 5.74) is 1.14. The molecule has 2 rings (SSSR count). The molecular formula is C17H20N2O6. The molecule has 134 valence electrons. The van der Waals surface area contributed by atoms with Crippen molar-refractivity contribution in [3.63, 3.8) is 0 Å². The Morgan fingerprint density at radius 1 is 1.40 bits per heavy atom. The number of nitrogens with zero attached hydrogens (tertiary/aromatic N) is 1. The van der Waals surface area contributed by atoms with Crippen molar-refractivity contribution < 1.29 is 24.0 Å². The molecule has 0 aromatic heterocycles. The molecule has 1 unspecified atom stereocenters. The van der Waals surface area contributed by atoms with Gasteiger partial charge in [-0.3, -0.25) is 14.9 Å². The Hall–Kier alpha value is -2.74. The molecular weight excluding hydrogens is 328 g/mol. The molecule has 0 spiro atoms. The van der Waals surface area contributed by atoms with Crippen LogP contribution >= 0.6 is 0 Å². The molecule has 0 bridgehead atoms. The molecule has 1 aliphatic heterocycles. The first-order valence-electron chi connectivity index (χ1n) is 7.93. The van der Waals surface area contributed by atoms with E-state index >= 15 is 0 Å².